The molecule has 8 heteroatoms. The summed E-state index contributed by atoms with van der Waals surface area (Å²) in [6, 6.07) is 5.73. The van der Waals surface area contributed by atoms with Crippen LogP contribution in [0.4, 0.5) is 4.39 Å². The average Bonchev–Trinajstić information content (AvgIpc) is 2.75. The van der Waals surface area contributed by atoms with E-state index >= 15 is 0 Å². The Morgan fingerprint density at radius 2 is 2.21 bits per heavy atom. The molecule has 0 saturated carbocycles. The van der Waals surface area contributed by atoms with Gasteiger partial charge in [0.25, 0.3) is 0 Å². The summed E-state index contributed by atoms with van der Waals surface area (Å²) in [6.45, 7) is 0. The number of aromatic nitrogens is 4. The van der Waals surface area contributed by atoms with E-state index in [-0.39, 0.29) is 17.4 Å². The first-order valence-corrected chi connectivity index (χ1v) is 5.98. The molecule has 0 bridgehead atoms. The molecule has 96 valence electrons. The summed E-state index contributed by atoms with van der Waals surface area (Å²) in [5, 5.41) is 6.08. The molecule has 3 aromatic rings. The summed E-state index contributed by atoms with van der Waals surface area (Å²) < 4.78 is 20.1. The van der Waals surface area contributed by atoms with Gasteiger partial charge in [-0.3, -0.25) is 0 Å². The van der Waals surface area contributed by atoms with Crippen molar-refractivity contribution in [1.82, 2.24) is 19.6 Å². The molecule has 19 heavy (non-hydrogen) atoms. The average molecular weight is 325 g/mol. The highest BCUT2D eigenvalue weighted by Gasteiger charge is 2.06. The summed E-state index contributed by atoms with van der Waals surface area (Å²) in [6.07, 6.45) is 1.30. The van der Waals surface area contributed by atoms with Gasteiger partial charge in [0.15, 0.2) is 5.65 Å². The fourth-order valence-electron chi connectivity index (χ4n) is 1.51. The van der Waals surface area contributed by atoms with Crippen molar-refractivity contribution in [3.05, 3.63) is 51.4 Å². The minimum absolute atomic E-state index is 0.255. The molecular formula is C11H6BrFN4O2. The van der Waals surface area contributed by atoms with E-state index in [0.29, 0.717) is 15.9 Å². The predicted molar refractivity (Wildman–Crippen MR) is 67.8 cm³/mol. The summed E-state index contributed by atoms with van der Waals surface area (Å²) in [5.74, 6) is 0.294. The van der Waals surface area contributed by atoms with Crippen molar-refractivity contribution in [2.45, 2.75) is 0 Å². The van der Waals surface area contributed by atoms with Crippen LogP contribution in [0.5, 0.6) is 11.6 Å². The van der Waals surface area contributed by atoms with Crippen molar-refractivity contribution in [1.29, 1.82) is 0 Å². The molecule has 0 aliphatic heterocycles. The van der Waals surface area contributed by atoms with Gasteiger partial charge < -0.3 is 4.74 Å². The van der Waals surface area contributed by atoms with Crippen LogP contribution in [0.3, 0.4) is 0 Å². The number of hydrogen-bond donors (Lipinski definition) is 1. The molecule has 0 saturated heterocycles. The number of aromatic amines is 1. The van der Waals surface area contributed by atoms with Crippen LogP contribution in [-0.4, -0.2) is 19.6 Å². The summed E-state index contributed by atoms with van der Waals surface area (Å²) in [5.41, 5.74) is 0.00903. The first kappa shape index (κ1) is 11.8. The van der Waals surface area contributed by atoms with Crippen LogP contribution >= 0.6 is 15.9 Å². The van der Waals surface area contributed by atoms with Crippen molar-refractivity contribution >= 4 is 21.6 Å². The van der Waals surface area contributed by atoms with Crippen LogP contribution in [0.15, 0.2) is 39.9 Å². The van der Waals surface area contributed by atoms with Crippen LogP contribution in [0, 0.1) is 5.82 Å². The maximum absolute atomic E-state index is 13.1. The third-order valence-electron chi connectivity index (χ3n) is 2.40. The maximum Gasteiger partial charge on any atom is 0.348 e. The Balaban J connectivity index is 1.96. The topological polar surface area (TPSA) is 72.3 Å². The minimum Gasteiger partial charge on any atom is -0.439 e. The lowest BCUT2D eigenvalue weighted by Crippen LogP contribution is -2.09. The number of hydrogen-bond acceptors (Lipinski definition) is 4. The van der Waals surface area contributed by atoms with Crippen molar-refractivity contribution < 1.29 is 9.13 Å². The molecule has 2 aromatic heterocycles. The quantitative estimate of drug-likeness (QED) is 0.783. The number of nitrogens with one attached hydrogen (secondary N) is 1. The number of fused-ring (bicyclic) bond motifs is 1. The fourth-order valence-corrected chi connectivity index (χ4v) is 1.87. The standard InChI is InChI=1S/C11H6BrFN4O2/c12-7-3-6(1-2-8(7)13)19-10-4-9-15-16-11(18)17(9)5-14-10/h1-5H,(H,16,18). The molecule has 0 spiro atoms. The zero-order chi connectivity index (χ0) is 13.4. The molecule has 0 aliphatic rings. The van der Waals surface area contributed by atoms with Crippen LogP contribution in [0.25, 0.3) is 5.65 Å². The zero-order valence-corrected chi connectivity index (χ0v) is 10.9. The molecule has 0 radical (unpaired) electrons. The Kier molecular flexibility index (Phi) is 2.79. The van der Waals surface area contributed by atoms with Crippen LogP contribution in [-0.2, 0) is 0 Å². The van der Waals surface area contributed by atoms with E-state index < -0.39 is 0 Å². The molecular weight excluding hydrogens is 319 g/mol. The molecule has 0 atom stereocenters. The van der Waals surface area contributed by atoms with Gasteiger partial charge in [-0.2, -0.15) is 5.10 Å². The Bertz CT molecular complexity index is 814. The first-order valence-electron chi connectivity index (χ1n) is 5.19. The highest BCUT2D eigenvalue weighted by Crippen LogP contribution is 2.25. The molecule has 0 unspecified atom stereocenters. The van der Waals surface area contributed by atoms with E-state index in [0.717, 1.165) is 0 Å². The van der Waals surface area contributed by atoms with E-state index in [2.05, 4.69) is 31.1 Å². The molecule has 1 N–H and O–H groups in total. The third-order valence-corrected chi connectivity index (χ3v) is 3.01. The molecule has 1 aromatic carbocycles. The smallest absolute Gasteiger partial charge is 0.348 e. The van der Waals surface area contributed by atoms with E-state index in [1.807, 2.05) is 0 Å². The second-order valence-corrected chi connectivity index (χ2v) is 4.52. The number of rotatable bonds is 2. The Morgan fingerprint density at radius 1 is 1.37 bits per heavy atom. The number of nitrogens with zero attached hydrogens (tertiary/aromatic N) is 3. The largest absolute Gasteiger partial charge is 0.439 e. The lowest BCUT2D eigenvalue weighted by molar-refractivity contribution is 0.459. The predicted octanol–water partition coefficient (Wildman–Crippen LogP) is 2.11. The second-order valence-electron chi connectivity index (χ2n) is 3.66. The molecule has 0 aliphatic carbocycles. The van der Waals surface area contributed by atoms with E-state index in [1.54, 1.807) is 0 Å². The molecule has 6 nitrogen and oxygen atoms in total. The minimum atomic E-state index is -0.380. The Labute approximate surface area is 114 Å². The van der Waals surface area contributed by atoms with Gasteiger partial charge in [0.1, 0.15) is 17.9 Å². The van der Waals surface area contributed by atoms with Crippen LogP contribution in [0.2, 0.25) is 0 Å². The second kappa shape index (κ2) is 4.47. The van der Waals surface area contributed by atoms with Gasteiger partial charge in [-0.15, -0.1) is 0 Å². The maximum atomic E-state index is 13.1. The highest BCUT2D eigenvalue weighted by molar-refractivity contribution is 9.10. The lowest BCUT2D eigenvalue weighted by atomic mass is 10.3. The van der Waals surface area contributed by atoms with Crippen molar-refractivity contribution in [2.24, 2.45) is 0 Å². The van der Waals surface area contributed by atoms with Crippen molar-refractivity contribution in [3.8, 4) is 11.6 Å². The molecule has 0 fully saturated rings. The zero-order valence-electron chi connectivity index (χ0n) is 9.30. The summed E-state index contributed by atoms with van der Waals surface area (Å²) in [4.78, 5) is 15.2. The van der Waals surface area contributed by atoms with Gasteiger partial charge in [-0.05, 0) is 34.1 Å². The molecule has 3 rings (SSSR count). The van der Waals surface area contributed by atoms with Gasteiger partial charge in [0.05, 0.1) is 4.47 Å². The number of benzene rings is 1. The summed E-state index contributed by atoms with van der Waals surface area (Å²) in [7, 11) is 0. The van der Waals surface area contributed by atoms with E-state index in [1.165, 1.54) is 35.0 Å². The number of H-pyrrole nitrogens is 1. The molecule has 0 amide bonds. The highest BCUT2D eigenvalue weighted by atomic mass is 79.9. The van der Waals surface area contributed by atoms with Crippen LogP contribution in [0.1, 0.15) is 0 Å². The number of halogens is 2. The Morgan fingerprint density at radius 3 is 3.00 bits per heavy atom. The third kappa shape index (κ3) is 2.22. The monoisotopic (exact) mass is 324 g/mol. The lowest BCUT2D eigenvalue weighted by Gasteiger charge is -2.05. The van der Waals surface area contributed by atoms with Gasteiger partial charge in [0.2, 0.25) is 5.88 Å². The van der Waals surface area contributed by atoms with Crippen molar-refractivity contribution in [2.75, 3.05) is 0 Å². The summed E-state index contributed by atoms with van der Waals surface area (Å²) >= 11 is 3.06. The van der Waals surface area contributed by atoms with Gasteiger partial charge in [0, 0.05) is 6.07 Å². The van der Waals surface area contributed by atoms with E-state index in [4.69, 9.17) is 4.74 Å². The first-order chi connectivity index (χ1) is 9.13. The van der Waals surface area contributed by atoms with Crippen LogP contribution < -0.4 is 10.4 Å². The van der Waals surface area contributed by atoms with Gasteiger partial charge in [-0.1, -0.05) is 0 Å². The van der Waals surface area contributed by atoms with Crippen molar-refractivity contribution in [3.63, 3.8) is 0 Å². The molecule has 2 heterocycles. The number of ether oxygens (including phenoxy) is 1. The van der Waals surface area contributed by atoms with E-state index in [9.17, 15) is 9.18 Å². The van der Waals surface area contributed by atoms with Gasteiger partial charge >= 0.3 is 5.69 Å². The fraction of sp³-hybridized carbons (Fsp3) is 0. The SMILES string of the molecule is O=c1[nH]nc2cc(Oc3ccc(F)c(Br)c3)ncn12. The van der Waals surface area contributed by atoms with Gasteiger partial charge in [-0.25, -0.2) is 23.7 Å². The normalized spacial score (nSPS) is 10.8. The Hall–Kier alpha value is -2.22.